The Hall–Kier alpha value is -2.98. The van der Waals surface area contributed by atoms with Gasteiger partial charge in [0.05, 0.1) is 19.8 Å². The Kier molecular flexibility index (Phi) is 8.80. The number of allylic oxidation sites excluding steroid dienone is 1. The lowest BCUT2D eigenvalue weighted by Crippen LogP contribution is -2.60. The maximum absolute atomic E-state index is 6.65. The van der Waals surface area contributed by atoms with Crippen molar-refractivity contribution in [3.63, 3.8) is 0 Å². The van der Waals surface area contributed by atoms with Crippen LogP contribution in [0.4, 0.5) is 0 Å². The third kappa shape index (κ3) is 6.25. The van der Waals surface area contributed by atoms with Gasteiger partial charge in [-0.3, -0.25) is 0 Å². The molecule has 0 amide bonds. The van der Waals surface area contributed by atoms with Gasteiger partial charge >= 0.3 is 0 Å². The van der Waals surface area contributed by atoms with Crippen molar-refractivity contribution in [2.45, 2.75) is 13.0 Å². The molecule has 0 saturated carbocycles. The first-order valence-electron chi connectivity index (χ1n) is 10.6. The molecule has 0 radical (unpaired) electrons. The Labute approximate surface area is 187 Å². The number of rotatable bonds is 12. The van der Waals surface area contributed by atoms with Gasteiger partial charge < -0.3 is 9.16 Å². The molecule has 0 N–H and O–H groups in total. The molecule has 0 saturated heterocycles. The maximum atomic E-state index is 6.65. The van der Waals surface area contributed by atoms with E-state index < -0.39 is 8.32 Å². The summed E-state index contributed by atoms with van der Waals surface area (Å²) < 4.78 is 12.7. The van der Waals surface area contributed by atoms with Crippen LogP contribution in [0.15, 0.2) is 128 Å². The van der Waals surface area contributed by atoms with Crippen LogP contribution in [0.5, 0.6) is 0 Å². The summed E-state index contributed by atoms with van der Waals surface area (Å²) in [5, 5.41) is 2.40. The van der Waals surface area contributed by atoms with Crippen molar-refractivity contribution in [2.75, 3.05) is 13.2 Å². The van der Waals surface area contributed by atoms with Crippen LogP contribution in [0.1, 0.15) is 12.0 Å². The molecule has 0 fully saturated rings. The zero-order valence-electron chi connectivity index (χ0n) is 18.0. The topological polar surface area (TPSA) is 18.5 Å². The standard InChI is InChI=1S/C28H30O2Si/c1-3-14-26(23-29-22-25-15-8-5-9-16-25)24-31(30-21-4-2,27-17-10-6-11-18-27)28-19-12-7-13-20-28/h3-13,15-20,24H,1-2,14,21-23H2/b26-24-. The molecular formula is C28H30O2Si. The first-order chi connectivity index (χ1) is 15.3. The zero-order chi connectivity index (χ0) is 21.8. The van der Waals surface area contributed by atoms with Crippen molar-refractivity contribution >= 4 is 18.7 Å². The lowest BCUT2D eigenvalue weighted by molar-refractivity contribution is 0.141. The SMILES string of the molecule is C=CCO[Si](/C=C(/CC=C)COCc1ccccc1)(c1ccccc1)c1ccccc1. The van der Waals surface area contributed by atoms with E-state index in [-0.39, 0.29) is 0 Å². The monoisotopic (exact) mass is 426 g/mol. The molecule has 3 heteroatoms. The van der Waals surface area contributed by atoms with Crippen molar-refractivity contribution in [3.8, 4) is 0 Å². The highest BCUT2D eigenvalue weighted by Gasteiger charge is 2.37. The van der Waals surface area contributed by atoms with Gasteiger partial charge in [-0.25, -0.2) is 0 Å². The van der Waals surface area contributed by atoms with E-state index in [1.165, 1.54) is 15.9 Å². The van der Waals surface area contributed by atoms with Crippen molar-refractivity contribution in [2.24, 2.45) is 0 Å². The fraction of sp³-hybridized carbons (Fsp3) is 0.143. The minimum Gasteiger partial charge on any atom is -0.401 e. The predicted molar refractivity (Wildman–Crippen MR) is 133 cm³/mol. The molecule has 0 atom stereocenters. The zero-order valence-corrected chi connectivity index (χ0v) is 19.0. The average molecular weight is 427 g/mol. The van der Waals surface area contributed by atoms with E-state index >= 15 is 0 Å². The summed E-state index contributed by atoms with van der Waals surface area (Å²) in [4.78, 5) is 0. The Balaban J connectivity index is 1.99. The molecule has 3 rings (SSSR count). The Morgan fingerprint density at radius 1 is 0.742 bits per heavy atom. The van der Waals surface area contributed by atoms with Crippen LogP contribution in [0.3, 0.4) is 0 Å². The Bertz CT molecular complexity index is 926. The van der Waals surface area contributed by atoms with Gasteiger partial charge in [-0.15, -0.1) is 13.2 Å². The largest absolute Gasteiger partial charge is 0.401 e. The summed E-state index contributed by atoms with van der Waals surface area (Å²) in [5.41, 5.74) is 4.67. The molecule has 0 spiro atoms. The van der Waals surface area contributed by atoms with Crippen LogP contribution < -0.4 is 10.4 Å². The van der Waals surface area contributed by atoms with Crippen LogP contribution in [0.2, 0.25) is 0 Å². The van der Waals surface area contributed by atoms with E-state index in [1.807, 2.05) is 42.5 Å². The van der Waals surface area contributed by atoms with Gasteiger partial charge in [-0.05, 0) is 27.9 Å². The highest BCUT2D eigenvalue weighted by Crippen LogP contribution is 2.16. The van der Waals surface area contributed by atoms with Gasteiger partial charge in [-0.1, -0.05) is 109 Å². The Morgan fingerprint density at radius 3 is 1.81 bits per heavy atom. The molecule has 0 aliphatic rings. The predicted octanol–water partition coefficient (Wildman–Crippen LogP) is 5.21. The molecule has 31 heavy (non-hydrogen) atoms. The third-order valence-electron chi connectivity index (χ3n) is 5.05. The lowest BCUT2D eigenvalue weighted by Gasteiger charge is -2.30. The van der Waals surface area contributed by atoms with Crippen molar-refractivity contribution in [3.05, 3.63) is 133 Å². The summed E-state index contributed by atoms with van der Waals surface area (Å²) >= 11 is 0. The molecule has 0 aliphatic carbocycles. The fourth-order valence-corrected chi connectivity index (χ4v) is 7.23. The number of benzene rings is 3. The summed E-state index contributed by atoms with van der Waals surface area (Å²) in [6, 6.07) is 31.3. The highest BCUT2D eigenvalue weighted by atomic mass is 28.4. The molecule has 0 heterocycles. The Morgan fingerprint density at radius 2 is 1.29 bits per heavy atom. The van der Waals surface area contributed by atoms with E-state index in [9.17, 15) is 0 Å². The van der Waals surface area contributed by atoms with Crippen LogP contribution in [-0.2, 0) is 15.8 Å². The maximum Gasteiger partial charge on any atom is 0.281 e. The fourth-order valence-electron chi connectivity index (χ4n) is 3.61. The van der Waals surface area contributed by atoms with Crippen molar-refractivity contribution in [1.29, 1.82) is 0 Å². The molecule has 0 bridgehead atoms. The summed E-state index contributed by atoms with van der Waals surface area (Å²) in [6.07, 6.45) is 4.50. The smallest absolute Gasteiger partial charge is 0.281 e. The van der Waals surface area contributed by atoms with Gasteiger partial charge in [0, 0.05) is 0 Å². The number of hydrogen-bond donors (Lipinski definition) is 0. The summed E-state index contributed by atoms with van der Waals surface area (Å²) in [7, 11) is -2.66. The minimum absolute atomic E-state index is 0.485. The van der Waals surface area contributed by atoms with E-state index in [4.69, 9.17) is 9.16 Å². The third-order valence-corrected chi connectivity index (χ3v) is 8.87. The van der Waals surface area contributed by atoms with Crippen LogP contribution in [0, 0.1) is 0 Å². The highest BCUT2D eigenvalue weighted by molar-refractivity contribution is 7.01. The van der Waals surface area contributed by atoms with E-state index in [1.54, 1.807) is 0 Å². The van der Waals surface area contributed by atoms with Crippen molar-refractivity contribution in [1.82, 2.24) is 0 Å². The van der Waals surface area contributed by atoms with Crippen LogP contribution >= 0.6 is 0 Å². The normalized spacial score (nSPS) is 11.8. The molecule has 3 aromatic carbocycles. The molecule has 3 aromatic rings. The molecule has 0 aliphatic heterocycles. The first-order valence-corrected chi connectivity index (χ1v) is 12.6. The molecule has 2 nitrogen and oxygen atoms in total. The number of hydrogen-bond acceptors (Lipinski definition) is 2. The number of ether oxygens (including phenoxy) is 1. The second-order valence-electron chi connectivity index (χ2n) is 7.34. The minimum atomic E-state index is -2.66. The summed E-state index contributed by atoms with van der Waals surface area (Å²) in [5.74, 6) is 0. The van der Waals surface area contributed by atoms with Crippen LogP contribution in [0.25, 0.3) is 0 Å². The second kappa shape index (κ2) is 12.0. The van der Waals surface area contributed by atoms with Gasteiger partial charge in [0.2, 0.25) is 0 Å². The van der Waals surface area contributed by atoms with Gasteiger partial charge in [0.1, 0.15) is 0 Å². The van der Waals surface area contributed by atoms with Gasteiger partial charge in [0.15, 0.2) is 0 Å². The molecule has 0 unspecified atom stereocenters. The van der Waals surface area contributed by atoms with Gasteiger partial charge in [-0.2, -0.15) is 0 Å². The van der Waals surface area contributed by atoms with Crippen molar-refractivity contribution < 1.29 is 9.16 Å². The van der Waals surface area contributed by atoms with E-state index in [0.717, 1.165) is 12.0 Å². The lowest BCUT2D eigenvalue weighted by atomic mass is 10.2. The van der Waals surface area contributed by atoms with Gasteiger partial charge in [0.25, 0.3) is 8.32 Å². The summed E-state index contributed by atoms with van der Waals surface area (Å²) in [6.45, 7) is 9.45. The van der Waals surface area contributed by atoms with Crippen LogP contribution in [-0.4, -0.2) is 21.5 Å². The molecule has 158 valence electrons. The quantitative estimate of drug-likeness (QED) is 0.292. The second-order valence-corrected chi connectivity index (χ2v) is 10.5. The molecular weight excluding hydrogens is 396 g/mol. The average Bonchev–Trinajstić information content (AvgIpc) is 2.83. The first kappa shape index (κ1) is 22.7. The molecule has 0 aromatic heterocycles. The van der Waals surface area contributed by atoms with E-state index in [0.29, 0.717) is 19.8 Å². The van der Waals surface area contributed by atoms with E-state index in [2.05, 4.69) is 79.5 Å².